The van der Waals surface area contributed by atoms with Crippen molar-refractivity contribution in [2.45, 2.75) is 210 Å². The van der Waals surface area contributed by atoms with Crippen LogP contribution in [0.4, 0.5) is 13.2 Å². The van der Waals surface area contributed by atoms with E-state index in [1.807, 2.05) is 7.11 Å². The zero-order valence-electron chi connectivity index (χ0n) is 57.2. The van der Waals surface area contributed by atoms with E-state index in [2.05, 4.69) is 137 Å². The molecular weight excluding hydrogens is 1120 g/mol. The predicted molar refractivity (Wildman–Crippen MR) is 357 cm³/mol. The lowest BCUT2D eigenvalue weighted by Gasteiger charge is -2.42. The summed E-state index contributed by atoms with van der Waals surface area (Å²) in [5.41, 5.74) is 0.0416. The van der Waals surface area contributed by atoms with Gasteiger partial charge in [-0.1, -0.05) is 96.7 Å². The summed E-state index contributed by atoms with van der Waals surface area (Å²) in [7, 11) is 17.9. The van der Waals surface area contributed by atoms with Crippen LogP contribution in [0, 0.1) is 17.8 Å². The number of likely N-dealkylation sites (tertiary alicyclic amines) is 1. The zero-order valence-corrected chi connectivity index (χ0v) is 58.0. The third-order valence-corrected chi connectivity index (χ3v) is 21.9. The van der Waals surface area contributed by atoms with Crippen molar-refractivity contribution < 1.29 is 22.7 Å². The molecule has 3 heterocycles. The first-order chi connectivity index (χ1) is 41.6. The Balaban J connectivity index is 1.25. The number of alkyl halides is 3. The summed E-state index contributed by atoms with van der Waals surface area (Å²) in [6, 6.07) is 5.91. The van der Waals surface area contributed by atoms with Crippen molar-refractivity contribution in [3.05, 3.63) is 34.3 Å². The molecule has 8 atom stereocenters. The summed E-state index contributed by atoms with van der Waals surface area (Å²) in [6.07, 6.45) is 18.3. The number of carbonyl (C=O) groups excluding carboxylic acids is 1. The molecule has 3 aliphatic heterocycles. The second kappa shape index (κ2) is 37.9. The minimum atomic E-state index is -4.48. The predicted octanol–water partition coefficient (Wildman–Crippen LogP) is 9.70. The Morgan fingerprint density at radius 2 is 1.37 bits per heavy atom. The van der Waals surface area contributed by atoms with Gasteiger partial charge in [0.25, 0.3) is 0 Å². The van der Waals surface area contributed by atoms with E-state index in [0.29, 0.717) is 49.0 Å². The number of hydrogen-bond acceptors (Lipinski definition) is 13. The smallest absolute Gasteiger partial charge is 0.383 e. The largest absolute Gasteiger partial charge is 0.417 e. The van der Waals surface area contributed by atoms with Crippen LogP contribution in [0.15, 0.2) is 18.2 Å². The molecule has 504 valence electrons. The molecular formula is C69H128ClF3N12O2. The maximum Gasteiger partial charge on any atom is 0.417 e. The number of likely N-dealkylation sites (N-methyl/N-ethyl adjacent to an activating group) is 7. The number of hydrogen-bond donors (Lipinski definition) is 3. The number of fused-ring (bicyclic) bond motifs is 1. The molecule has 6 rings (SSSR count). The molecule has 14 nitrogen and oxygen atoms in total. The fourth-order valence-electron chi connectivity index (χ4n) is 15.4. The second-order valence-electron chi connectivity index (χ2n) is 29.2. The molecule has 18 heteroatoms. The maximum absolute atomic E-state index is 14.9. The number of carbonyl (C=O) groups is 1. The average Bonchev–Trinajstić information content (AvgIpc) is 2.76. The number of ether oxygens (including phenoxy) is 1. The van der Waals surface area contributed by atoms with Crippen LogP contribution < -0.4 is 16.0 Å². The molecule has 0 radical (unpaired) electrons. The van der Waals surface area contributed by atoms with Gasteiger partial charge in [-0.15, -0.1) is 0 Å². The van der Waals surface area contributed by atoms with Gasteiger partial charge in [0.15, 0.2) is 0 Å². The number of methoxy groups -OCH3 is 1. The molecule has 1 amide bonds. The quantitative estimate of drug-likeness (QED) is 0.186. The molecule has 5 fully saturated rings. The van der Waals surface area contributed by atoms with Gasteiger partial charge in [-0.2, -0.15) is 13.2 Å². The number of benzene rings is 1. The Morgan fingerprint density at radius 1 is 0.690 bits per heavy atom. The third-order valence-electron chi connectivity index (χ3n) is 21.5. The molecule has 0 unspecified atom stereocenters. The zero-order chi connectivity index (χ0) is 63.1. The van der Waals surface area contributed by atoms with E-state index in [1.165, 1.54) is 63.9 Å². The van der Waals surface area contributed by atoms with Crippen molar-refractivity contribution in [2.24, 2.45) is 17.8 Å². The van der Waals surface area contributed by atoms with Crippen molar-refractivity contribution >= 4 is 17.5 Å². The normalized spacial score (nSPS) is 29.6. The summed E-state index contributed by atoms with van der Waals surface area (Å²) in [5.74, 6) is 2.15. The molecule has 5 aliphatic rings. The minimum Gasteiger partial charge on any atom is -0.383 e. The van der Waals surface area contributed by atoms with Crippen molar-refractivity contribution in [1.82, 2.24) is 60.0 Å². The average molecular weight is 1250 g/mol. The minimum absolute atomic E-state index is 0.0258. The van der Waals surface area contributed by atoms with Crippen LogP contribution in [0.1, 0.15) is 161 Å². The monoisotopic (exact) mass is 1250 g/mol. The highest BCUT2D eigenvalue weighted by Crippen LogP contribution is 2.36. The van der Waals surface area contributed by atoms with Crippen molar-refractivity contribution in [1.29, 1.82) is 0 Å². The Labute approximate surface area is 534 Å². The number of nitrogens with zero attached hydrogens (tertiary/aromatic N) is 9. The highest BCUT2D eigenvalue weighted by Gasteiger charge is 2.40. The van der Waals surface area contributed by atoms with Crippen molar-refractivity contribution in [3.8, 4) is 0 Å². The van der Waals surface area contributed by atoms with Crippen LogP contribution in [0.25, 0.3) is 0 Å². The van der Waals surface area contributed by atoms with Gasteiger partial charge in [0.05, 0.1) is 23.2 Å². The first-order valence-corrected chi connectivity index (χ1v) is 35.4. The standard InChI is InChI=1S/C69H128ClF3N12O2/c1-13-55(4)65-51-79(7)40-39-77(5)41-42-81(9)61(44-56-23-16-14-17-24-56)49-78(6)38-33-74-58(28-26-57-27-29-63(64(70)45-57)69(71,72)73)48-85-36-22-25-59(85)47-76-68(31-18-19-32-68)53-83(11)62(52-87-12)50-82(10)66(67(86)84-34-20-15-21-35-84)30-37-80(8)60(46-75-65)43-54(2)3/h27,29,45,54-56,58-62,65-66,74-76H,13-26,28,30-44,46-53H2,1-12H3/t55-,58-,59-,60-,61-,62-,65+,66-/m0/s1. The second-order valence-corrected chi connectivity index (χ2v) is 29.6. The Morgan fingerprint density at radius 3 is 2.05 bits per heavy atom. The van der Waals surface area contributed by atoms with Crippen LogP contribution >= 0.6 is 11.6 Å². The first kappa shape index (κ1) is 74.3. The van der Waals surface area contributed by atoms with E-state index in [-0.39, 0.29) is 34.6 Å². The molecule has 0 aromatic heterocycles. The lowest BCUT2D eigenvalue weighted by Crippen LogP contribution is -2.59. The molecule has 0 bridgehead atoms. The molecule has 2 saturated carbocycles. The van der Waals surface area contributed by atoms with Crippen LogP contribution in [-0.2, 0) is 22.1 Å². The molecule has 2 aliphatic carbocycles. The number of nitrogens with one attached hydrogen (secondary N) is 3. The SMILES string of the molecule is CC[C@H](C)[C@H]1CN(C)CCN(C)CCN(C)[C@@H](CC2CCCCC2)CN(C)CCN[C@@H](CCc2ccc(C(F)(F)F)c(Cl)c2)CN2CCC[C@H]2CNC2(CCCC2)CN(C)[C@H](COC)CN(C)[C@H](C(=O)N2CCCCC2)CCN(C)[C@@H](CC(C)C)CN1. The van der Waals surface area contributed by atoms with E-state index in [4.69, 9.17) is 16.3 Å². The molecule has 1 aromatic carbocycles. The number of piperidine rings is 1. The van der Waals surface area contributed by atoms with Crippen molar-refractivity contribution in [3.63, 3.8) is 0 Å². The molecule has 3 saturated heterocycles. The maximum atomic E-state index is 14.9. The molecule has 1 spiro atoms. The van der Waals surface area contributed by atoms with E-state index < -0.39 is 11.7 Å². The van der Waals surface area contributed by atoms with Gasteiger partial charge in [-0.05, 0) is 168 Å². The summed E-state index contributed by atoms with van der Waals surface area (Å²) < 4.78 is 47.5. The Bertz CT molecular complexity index is 2060. The lowest BCUT2D eigenvalue weighted by atomic mass is 9.84. The van der Waals surface area contributed by atoms with Crippen molar-refractivity contribution in [2.75, 3.05) is 174 Å². The fraction of sp³-hybridized carbons (Fsp3) is 0.899. The van der Waals surface area contributed by atoms with Crippen LogP contribution in [-0.4, -0.2) is 272 Å². The van der Waals surface area contributed by atoms with Crippen LogP contribution in [0.2, 0.25) is 5.02 Å². The van der Waals surface area contributed by atoms with Gasteiger partial charge >= 0.3 is 6.18 Å². The fourth-order valence-corrected chi connectivity index (χ4v) is 15.7. The Hall–Kier alpha value is -1.71. The van der Waals surface area contributed by atoms with Crippen LogP contribution in [0.3, 0.4) is 0 Å². The number of aryl methyl sites for hydroxylation is 1. The number of rotatable bonds is 12. The molecule has 3 N–H and O–H groups in total. The summed E-state index contributed by atoms with van der Waals surface area (Å²) in [5, 5.41) is 12.2. The lowest BCUT2D eigenvalue weighted by molar-refractivity contribution is -0.138. The highest BCUT2D eigenvalue weighted by molar-refractivity contribution is 6.31. The number of amides is 1. The molecule has 87 heavy (non-hydrogen) atoms. The van der Waals surface area contributed by atoms with Gasteiger partial charge in [0, 0.05) is 154 Å². The third kappa shape index (κ3) is 24.9. The van der Waals surface area contributed by atoms with E-state index in [1.54, 1.807) is 6.07 Å². The summed E-state index contributed by atoms with van der Waals surface area (Å²) in [6.45, 7) is 25.9. The first-order valence-electron chi connectivity index (χ1n) is 35.0. The van der Waals surface area contributed by atoms with Crippen LogP contribution in [0.5, 0.6) is 0 Å². The van der Waals surface area contributed by atoms with Gasteiger partial charge in [0.1, 0.15) is 0 Å². The van der Waals surface area contributed by atoms with E-state index in [0.717, 1.165) is 193 Å². The Kier molecular flexibility index (Phi) is 32.3. The number of halogens is 4. The van der Waals surface area contributed by atoms with Gasteiger partial charge in [-0.25, -0.2) is 0 Å². The highest BCUT2D eigenvalue weighted by atomic mass is 35.5. The summed E-state index contributed by atoms with van der Waals surface area (Å²) in [4.78, 5) is 37.5. The summed E-state index contributed by atoms with van der Waals surface area (Å²) >= 11 is 6.30. The van der Waals surface area contributed by atoms with Gasteiger partial charge in [-0.3, -0.25) is 19.5 Å². The topological polar surface area (TPSA) is 91.5 Å². The van der Waals surface area contributed by atoms with E-state index >= 15 is 0 Å². The van der Waals surface area contributed by atoms with Gasteiger partial charge in [0.2, 0.25) is 5.91 Å². The van der Waals surface area contributed by atoms with E-state index in [9.17, 15) is 18.0 Å². The van der Waals surface area contributed by atoms with Gasteiger partial charge < -0.3 is 50.1 Å². The molecule has 1 aromatic rings.